The predicted molar refractivity (Wildman–Crippen MR) is 99.8 cm³/mol. The molecule has 0 atom stereocenters. The summed E-state index contributed by atoms with van der Waals surface area (Å²) in [6.07, 6.45) is 4.62. The van der Waals surface area contributed by atoms with Crippen molar-refractivity contribution in [1.82, 2.24) is 14.5 Å². The van der Waals surface area contributed by atoms with E-state index in [4.69, 9.17) is 4.74 Å². The number of halogens is 1. The number of fused-ring (bicyclic) bond motifs is 1. The van der Waals surface area contributed by atoms with Crippen LogP contribution < -0.4 is 5.56 Å². The molecule has 0 N–H and O–H groups in total. The van der Waals surface area contributed by atoms with Gasteiger partial charge in [-0.15, -0.1) is 0 Å². The summed E-state index contributed by atoms with van der Waals surface area (Å²) in [6, 6.07) is 3.86. The van der Waals surface area contributed by atoms with E-state index in [2.05, 4.69) is 20.9 Å². The summed E-state index contributed by atoms with van der Waals surface area (Å²) in [6.45, 7) is 6.75. The van der Waals surface area contributed by atoms with Gasteiger partial charge in [0.05, 0.1) is 5.39 Å². The average Bonchev–Trinajstić information content (AvgIpc) is 2.53. The fourth-order valence-corrected chi connectivity index (χ4v) is 3.42. The van der Waals surface area contributed by atoms with Gasteiger partial charge in [-0.05, 0) is 67.1 Å². The molecule has 1 amide bonds. The number of ether oxygens (including phenoxy) is 1. The Kier molecular flexibility index (Phi) is 4.86. The number of hydrogen-bond donors (Lipinski definition) is 0. The first-order valence-electron chi connectivity index (χ1n) is 8.39. The summed E-state index contributed by atoms with van der Waals surface area (Å²) in [5, 5.41) is 1.48. The van der Waals surface area contributed by atoms with Gasteiger partial charge in [-0.25, -0.2) is 9.78 Å². The van der Waals surface area contributed by atoms with Crippen LogP contribution in [0.2, 0.25) is 0 Å². The van der Waals surface area contributed by atoms with Gasteiger partial charge in [-0.3, -0.25) is 4.79 Å². The molecule has 0 aromatic carbocycles. The van der Waals surface area contributed by atoms with Crippen molar-refractivity contribution in [3.05, 3.63) is 39.5 Å². The summed E-state index contributed by atoms with van der Waals surface area (Å²) in [5.74, 6) is 0. The highest BCUT2D eigenvalue weighted by Gasteiger charge is 2.28. The lowest BCUT2D eigenvalue weighted by molar-refractivity contribution is 0.0187. The Morgan fingerprint density at radius 1 is 1.32 bits per heavy atom. The number of pyridine rings is 2. The fourth-order valence-electron chi connectivity index (χ4n) is 3.07. The van der Waals surface area contributed by atoms with Crippen LogP contribution in [-0.2, 0) is 4.74 Å². The van der Waals surface area contributed by atoms with Crippen LogP contribution in [0.15, 0.2) is 33.9 Å². The summed E-state index contributed by atoms with van der Waals surface area (Å²) < 4.78 is 7.90. The standard InChI is InChI=1S/C18H22BrN3O3/c1-18(2,3)25-17(24)21-7-5-13(6-8-21)22-9-4-12-10-15(19)20-11-14(12)16(22)23/h4,9-11,13H,5-8H2,1-3H3. The molecule has 0 saturated carbocycles. The largest absolute Gasteiger partial charge is 0.444 e. The number of aromatic nitrogens is 2. The monoisotopic (exact) mass is 407 g/mol. The van der Waals surface area contributed by atoms with Gasteiger partial charge in [-0.1, -0.05) is 0 Å². The Hall–Kier alpha value is -1.89. The van der Waals surface area contributed by atoms with Gasteiger partial charge in [-0.2, -0.15) is 0 Å². The van der Waals surface area contributed by atoms with Gasteiger partial charge >= 0.3 is 6.09 Å². The first-order valence-corrected chi connectivity index (χ1v) is 9.18. The number of carbonyl (C=O) groups is 1. The molecule has 0 aliphatic carbocycles. The molecule has 6 nitrogen and oxygen atoms in total. The first-order chi connectivity index (χ1) is 11.7. The molecule has 7 heteroatoms. The zero-order valence-corrected chi connectivity index (χ0v) is 16.2. The van der Waals surface area contributed by atoms with Crippen molar-refractivity contribution in [2.75, 3.05) is 13.1 Å². The molecule has 1 saturated heterocycles. The molecule has 1 fully saturated rings. The van der Waals surface area contributed by atoms with Crippen molar-refractivity contribution in [2.24, 2.45) is 0 Å². The molecule has 25 heavy (non-hydrogen) atoms. The van der Waals surface area contributed by atoms with Gasteiger partial charge in [0.2, 0.25) is 0 Å². The van der Waals surface area contributed by atoms with Gasteiger partial charge in [0.25, 0.3) is 5.56 Å². The Morgan fingerprint density at radius 3 is 2.64 bits per heavy atom. The van der Waals surface area contributed by atoms with Crippen LogP contribution >= 0.6 is 15.9 Å². The zero-order valence-electron chi connectivity index (χ0n) is 14.7. The van der Waals surface area contributed by atoms with Crippen molar-refractivity contribution in [3.63, 3.8) is 0 Å². The van der Waals surface area contributed by atoms with E-state index in [0.717, 1.165) is 18.2 Å². The highest BCUT2D eigenvalue weighted by atomic mass is 79.9. The average molecular weight is 408 g/mol. The number of hydrogen-bond acceptors (Lipinski definition) is 4. The van der Waals surface area contributed by atoms with E-state index in [1.54, 1.807) is 15.7 Å². The minimum atomic E-state index is -0.496. The molecule has 1 aliphatic rings. The predicted octanol–water partition coefficient (Wildman–Crippen LogP) is 3.73. The maximum Gasteiger partial charge on any atom is 0.410 e. The van der Waals surface area contributed by atoms with E-state index in [1.807, 2.05) is 39.1 Å². The van der Waals surface area contributed by atoms with E-state index >= 15 is 0 Å². The normalized spacial score (nSPS) is 16.2. The van der Waals surface area contributed by atoms with Crippen molar-refractivity contribution < 1.29 is 9.53 Å². The highest BCUT2D eigenvalue weighted by molar-refractivity contribution is 9.10. The van der Waals surface area contributed by atoms with Crippen molar-refractivity contribution >= 4 is 32.8 Å². The summed E-state index contributed by atoms with van der Waals surface area (Å²) in [5.41, 5.74) is -0.530. The van der Waals surface area contributed by atoms with Crippen LogP contribution in [0.25, 0.3) is 10.8 Å². The zero-order chi connectivity index (χ0) is 18.2. The summed E-state index contributed by atoms with van der Waals surface area (Å²) in [7, 11) is 0. The van der Waals surface area contributed by atoms with Crippen LogP contribution in [0.3, 0.4) is 0 Å². The maximum absolute atomic E-state index is 12.7. The van der Waals surface area contributed by atoms with E-state index in [1.165, 1.54) is 0 Å². The van der Waals surface area contributed by atoms with Crippen LogP contribution in [0.5, 0.6) is 0 Å². The Morgan fingerprint density at radius 2 is 2.00 bits per heavy atom. The second kappa shape index (κ2) is 6.78. The van der Waals surface area contributed by atoms with E-state index in [9.17, 15) is 9.59 Å². The number of nitrogens with zero attached hydrogens (tertiary/aromatic N) is 3. The summed E-state index contributed by atoms with van der Waals surface area (Å²) in [4.78, 5) is 30.8. The molecule has 3 rings (SSSR count). The molecule has 3 heterocycles. The van der Waals surface area contributed by atoms with Crippen LogP contribution in [0, 0.1) is 0 Å². The topological polar surface area (TPSA) is 64.4 Å². The molecule has 0 radical (unpaired) electrons. The summed E-state index contributed by atoms with van der Waals surface area (Å²) >= 11 is 3.32. The van der Waals surface area contributed by atoms with Gasteiger partial charge in [0.1, 0.15) is 10.2 Å². The third kappa shape index (κ3) is 4.03. The second-order valence-corrected chi connectivity index (χ2v) is 8.13. The van der Waals surface area contributed by atoms with E-state index in [0.29, 0.717) is 23.1 Å². The van der Waals surface area contributed by atoms with Crippen LogP contribution in [0.4, 0.5) is 4.79 Å². The highest BCUT2D eigenvalue weighted by Crippen LogP contribution is 2.24. The van der Waals surface area contributed by atoms with Crippen LogP contribution in [-0.4, -0.2) is 39.2 Å². The Balaban J connectivity index is 1.74. The number of likely N-dealkylation sites (tertiary alicyclic amines) is 1. The van der Waals surface area contributed by atoms with Gasteiger partial charge in [0, 0.05) is 31.5 Å². The van der Waals surface area contributed by atoms with Crippen molar-refractivity contribution in [1.29, 1.82) is 0 Å². The maximum atomic E-state index is 12.7. The van der Waals surface area contributed by atoms with E-state index < -0.39 is 5.60 Å². The van der Waals surface area contributed by atoms with Gasteiger partial charge < -0.3 is 14.2 Å². The fraction of sp³-hybridized carbons (Fsp3) is 0.500. The minimum Gasteiger partial charge on any atom is -0.444 e. The molecular formula is C18H22BrN3O3. The van der Waals surface area contributed by atoms with Crippen molar-refractivity contribution in [3.8, 4) is 0 Å². The lowest BCUT2D eigenvalue weighted by atomic mass is 10.0. The number of carbonyl (C=O) groups excluding carboxylic acids is 1. The Bertz CT molecular complexity index is 849. The Labute approximate surface area is 154 Å². The van der Waals surface area contributed by atoms with Crippen molar-refractivity contribution in [2.45, 2.75) is 45.3 Å². The molecule has 2 aromatic rings. The third-order valence-electron chi connectivity index (χ3n) is 4.29. The van der Waals surface area contributed by atoms with Crippen LogP contribution in [0.1, 0.15) is 39.7 Å². The van der Waals surface area contributed by atoms with E-state index in [-0.39, 0.29) is 17.7 Å². The molecule has 134 valence electrons. The molecule has 0 unspecified atom stereocenters. The molecule has 1 aliphatic heterocycles. The number of piperidine rings is 1. The molecule has 0 spiro atoms. The smallest absolute Gasteiger partial charge is 0.410 e. The number of rotatable bonds is 1. The molecule has 0 bridgehead atoms. The number of amides is 1. The quantitative estimate of drug-likeness (QED) is 0.675. The lowest BCUT2D eigenvalue weighted by Crippen LogP contribution is -2.43. The first kappa shape index (κ1) is 17.9. The molecular weight excluding hydrogens is 386 g/mol. The SMILES string of the molecule is CC(C)(C)OC(=O)N1CCC(n2ccc3cc(Br)ncc3c2=O)CC1. The second-order valence-electron chi connectivity index (χ2n) is 7.32. The third-order valence-corrected chi connectivity index (χ3v) is 4.73. The lowest BCUT2D eigenvalue weighted by Gasteiger charge is -2.34. The minimum absolute atomic E-state index is 0.0341. The van der Waals surface area contributed by atoms with Gasteiger partial charge in [0.15, 0.2) is 0 Å². The molecule has 2 aromatic heterocycles.